The summed E-state index contributed by atoms with van der Waals surface area (Å²) < 4.78 is 0. The van der Waals surface area contributed by atoms with E-state index in [2.05, 4.69) is 22.0 Å². The average Bonchev–Trinajstić information content (AvgIpc) is 3.05. The number of rotatable bonds is 3. The molecule has 0 N–H and O–H groups in total. The van der Waals surface area contributed by atoms with Gasteiger partial charge in [0, 0.05) is 31.7 Å². The van der Waals surface area contributed by atoms with Crippen molar-refractivity contribution < 1.29 is 0 Å². The van der Waals surface area contributed by atoms with E-state index in [1.807, 2.05) is 0 Å². The zero-order valence-corrected chi connectivity index (χ0v) is 14.3. The van der Waals surface area contributed by atoms with Crippen molar-refractivity contribution in [3.63, 3.8) is 0 Å². The minimum absolute atomic E-state index is 0.891. The van der Waals surface area contributed by atoms with Gasteiger partial charge in [0.05, 0.1) is 0 Å². The van der Waals surface area contributed by atoms with Crippen LogP contribution in [0.25, 0.3) is 0 Å². The number of allylic oxidation sites excluding steroid dienone is 2. The van der Waals surface area contributed by atoms with Gasteiger partial charge in [0.2, 0.25) is 0 Å². The van der Waals surface area contributed by atoms with Gasteiger partial charge in [0.1, 0.15) is 0 Å². The van der Waals surface area contributed by atoms with Gasteiger partial charge >= 0.3 is 0 Å². The quantitative estimate of drug-likeness (QED) is 0.725. The van der Waals surface area contributed by atoms with E-state index in [0.717, 1.165) is 23.9 Å². The topological polar surface area (TPSA) is 6.48 Å². The molecule has 2 aliphatic carbocycles. The smallest absolute Gasteiger partial charge is 0.0280 e. The van der Waals surface area contributed by atoms with Gasteiger partial charge < -0.3 is 0 Å². The van der Waals surface area contributed by atoms with Crippen LogP contribution in [0, 0.1) is 11.8 Å². The van der Waals surface area contributed by atoms with E-state index in [0.29, 0.717) is 0 Å². The fourth-order valence-electron chi connectivity index (χ4n) is 5.82. The Bertz CT molecular complexity index is 385. The van der Waals surface area contributed by atoms with Crippen molar-refractivity contribution in [3.8, 4) is 0 Å². The van der Waals surface area contributed by atoms with Gasteiger partial charge in [-0.25, -0.2) is 0 Å². The van der Waals surface area contributed by atoms with Crippen molar-refractivity contribution in [3.05, 3.63) is 12.2 Å². The highest BCUT2D eigenvalue weighted by atomic mass is 15.3. The third-order valence-corrected chi connectivity index (χ3v) is 6.91. The second-order valence-corrected chi connectivity index (χ2v) is 8.28. The fourth-order valence-corrected chi connectivity index (χ4v) is 5.82. The number of piperazine rings is 1. The monoisotopic (exact) mass is 302 g/mol. The zero-order valence-electron chi connectivity index (χ0n) is 14.3. The summed E-state index contributed by atoms with van der Waals surface area (Å²) in [6.07, 6.45) is 19.3. The molecule has 124 valence electrons. The molecular formula is C20H34N2. The molecule has 0 amide bonds. The summed E-state index contributed by atoms with van der Waals surface area (Å²) in [6.45, 7) is 5.46. The van der Waals surface area contributed by atoms with E-state index in [1.54, 1.807) is 0 Å². The maximum absolute atomic E-state index is 2.96. The maximum atomic E-state index is 2.96. The summed E-state index contributed by atoms with van der Waals surface area (Å²) in [5, 5.41) is 0. The Hall–Kier alpha value is -0.340. The van der Waals surface area contributed by atoms with Gasteiger partial charge in [-0.3, -0.25) is 9.80 Å². The molecule has 3 atom stereocenters. The summed E-state index contributed by atoms with van der Waals surface area (Å²) in [5.41, 5.74) is 0. The third-order valence-electron chi connectivity index (χ3n) is 6.91. The molecule has 4 rings (SSSR count). The fraction of sp³-hybridized carbons (Fsp3) is 0.900. The molecule has 22 heavy (non-hydrogen) atoms. The molecule has 0 unspecified atom stereocenters. The Labute approximate surface area is 136 Å². The van der Waals surface area contributed by atoms with E-state index in [1.165, 1.54) is 90.4 Å². The first kappa shape index (κ1) is 15.2. The van der Waals surface area contributed by atoms with E-state index in [4.69, 9.17) is 0 Å². The SMILES string of the molecule is C1=CC[C@H](CN2CCN3CCC[C@H]3[C@@H]2C2CCCCC2)CC1. The highest BCUT2D eigenvalue weighted by Crippen LogP contribution is 2.38. The van der Waals surface area contributed by atoms with Crippen molar-refractivity contribution in [1.29, 1.82) is 0 Å². The molecular weight excluding hydrogens is 268 g/mol. The summed E-state index contributed by atoms with van der Waals surface area (Å²) in [7, 11) is 0. The first-order valence-electron chi connectivity index (χ1n) is 10.0. The van der Waals surface area contributed by atoms with Gasteiger partial charge in [-0.05, 0) is 63.3 Å². The third kappa shape index (κ3) is 3.14. The normalized spacial score (nSPS) is 38.3. The van der Waals surface area contributed by atoms with Crippen LogP contribution in [0.3, 0.4) is 0 Å². The highest BCUT2D eigenvalue weighted by molar-refractivity contribution is 5.00. The molecule has 2 heterocycles. The molecule has 0 aromatic heterocycles. The van der Waals surface area contributed by atoms with Crippen LogP contribution in [0.4, 0.5) is 0 Å². The Balaban J connectivity index is 1.48. The Kier molecular flexibility index (Phi) is 4.87. The van der Waals surface area contributed by atoms with Crippen molar-refractivity contribution in [2.24, 2.45) is 11.8 Å². The molecule has 0 spiro atoms. The second-order valence-electron chi connectivity index (χ2n) is 8.28. The summed E-state index contributed by atoms with van der Waals surface area (Å²) >= 11 is 0. The average molecular weight is 303 g/mol. The van der Waals surface area contributed by atoms with Crippen LogP contribution in [0.1, 0.15) is 64.2 Å². The van der Waals surface area contributed by atoms with Gasteiger partial charge in [0.25, 0.3) is 0 Å². The van der Waals surface area contributed by atoms with E-state index < -0.39 is 0 Å². The van der Waals surface area contributed by atoms with E-state index in [-0.39, 0.29) is 0 Å². The first-order valence-corrected chi connectivity index (χ1v) is 10.0. The van der Waals surface area contributed by atoms with Crippen LogP contribution >= 0.6 is 0 Å². The second kappa shape index (κ2) is 7.05. The molecule has 1 saturated carbocycles. The van der Waals surface area contributed by atoms with Gasteiger partial charge in [-0.2, -0.15) is 0 Å². The molecule has 0 bridgehead atoms. The van der Waals surface area contributed by atoms with Crippen LogP contribution in [0.15, 0.2) is 12.2 Å². The molecule has 0 aromatic rings. The van der Waals surface area contributed by atoms with E-state index >= 15 is 0 Å². The van der Waals surface area contributed by atoms with Crippen LogP contribution in [-0.2, 0) is 0 Å². The molecule has 2 saturated heterocycles. The zero-order chi connectivity index (χ0) is 14.8. The highest BCUT2D eigenvalue weighted by Gasteiger charge is 2.43. The lowest BCUT2D eigenvalue weighted by Gasteiger charge is -2.50. The molecule has 0 aromatic carbocycles. The lowest BCUT2D eigenvalue weighted by Crippen LogP contribution is -2.60. The molecule has 3 fully saturated rings. The molecule has 2 aliphatic heterocycles. The molecule has 2 nitrogen and oxygen atoms in total. The lowest BCUT2D eigenvalue weighted by molar-refractivity contribution is -0.00784. The number of hydrogen-bond acceptors (Lipinski definition) is 2. The van der Waals surface area contributed by atoms with Gasteiger partial charge in [0.15, 0.2) is 0 Å². The van der Waals surface area contributed by atoms with E-state index in [9.17, 15) is 0 Å². The number of hydrogen-bond donors (Lipinski definition) is 0. The maximum Gasteiger partial charge on any atom is 0.0280 e. The minimum Gasteiger partial charge on any atom is -0.298 e. The summed E-state index contributed by atoms with van der Waals surface area (Å²) in [4.78, 5) is 5.81. The number of nitrogens with zero attached hydrogens (tertiary/aromatic N) is 2. The van der Waals surface area contributed by atoms with Crippen molar-refractivity contribution in [2.75, 3.05) is 26.2 Å². The predicted octanol–water partition coefficient (Wildman–Crippen LogP) is 4.07. The van der Waals surface area contributed by atoms with Crippen molar-refractivity contribution in [1.82, 2.24) is 9.80 Å². The van der Waals surface area contributed by atoms with Crippen LogP contribution in [0.2, 0.25) is 0 Å². The molecule has 0 radical (unpaired) electrons. The number of fused-ring (bicyclic) bond motifs is 1. The largest absolute Gasteiger partial charge is 0.298 e. The van der Waals surface area contributed by atoms with Crippen LogP contribution in [-0.4, -0.2) is 48.1 Å². The summed E-state index contributed by atoms with van der Waals surface area (Å²) in [6, 6.07) is 1.79. The Morgan fingerprint density at radius 3 is 2.55 bits per heavy atom. The molecule has 4 aliphatic rings. The van der Waals surface area contributed by atoms with Crippen LogP contribution < -0.4 is 0 Å². The van der Waals surface area contributed by atoms with Crippen molar-refractivity contribution in [2.45, 2.75) is 76.3 Å². The first-order chi connectivity index (χ1) is 10.9. The standard InChI is InChI=1S/C20H34N2/c1-3-8-17(9-4-1)16-22-15-14-21-13-7-12-19(21)20(22)18-10-5-2-6-11-18/h1,3,17-20H,2,4-16H2/t17-,19-,20-/m0/s1. The Morgan fingerprint density at radius 2 is 1.73 bits per heavy atom. The van der Waals surface area contributed by atoms with Gasteiger partial charge in [-0.15, -0.1) is 0 Å². The minimum atomic E-state index is 0.891. The van der Waals surface area contributed by atoms with Crippen LogP contribution in [0.5, 0.6) is 0 Å². The predicted molar refractivity (Wildman–Crippen MR) is 93.0 cm³/mol. The van der Waals surface area contributed by atoms with Crippen molar-refractivity contribution >= 4 is 0 Å². The Morgan fingerprint density at radius 1 is 0.818 bits per heavy atom. The lowest BCUT2D eigenvalue weighted by atomic mass is 9.78. The summed E-state index contributed by atoms with van der Waals surface area (Å²) in [5.74, 6) is 1.93. The molecule has 2 heteroatoms. The van der Waals surface area contributed by atoms with Gasteiger partial charge in [-0.1, -0.05) is 31.4 Å².